The molecule has 17 heavy (non-hydrogen) atoms. The first kappa shape index (κ1) is 9.90. The van der Waals surface area contributed by atoms with Crippen LogP contribution in [-0.2, 0) is 0 Å². The molecule has 82 valence electrons. The van der Waals surface area contributed by atoms with Crippen LogP contribution < -0.4 is 0 Å². The summed E-state index contributed by atoms with van der Waals surface area (Å²) in [4.78, 5) is 8.41. The quantitative estimate of drug-likeness (QED) is 0.632. The van der Waals surface area contributed by atoms with E-state index in [9.17, 15) is 4.39 Å². The van der Waals surface area contributed by atoms with E-state index in [0.29, 0.717) is 0 Å². The highest BCUT2D eigenvalue weighted by atomic mass is 19.1. The van der Waals surface area contributed by atoms with Crippen LogP contribution >= 0.6 is 0 Å². The molecule has 0 atom stereocenters. The van der Waals surface area contributed by atoms with E-state index in [-0.39, 0.29) is 5.82 Å². The Hall–Kier alpha value is -2.29. The van der Waals surface area contributed by atoms with Gasteiger partial charge in [0.2, 0.25) is 0 Å². The Balaban J connectivity index is 2.14. The van der Waals surface area contributed by atoms with Crippen LogP contribution in [0.25, 0.3) is 22.0 Å². The number of pyridine rings is 2. The van der Waals surface area contributed by atoms with E-state index >= 15 is 0 Å². The van der Waals surface area contributed by atoms with Crippen LogP contribution in [0.3, 0.4) is 0 Å². The van der Waals surface area contributed by atoms with E-state index in [2.05, 4.69) is 9.97 Å². The fourth-order valence-corrected chi connectivity index (χ4v) is 1.77. The number of benzene rings is 1. The minimum absolute atomic E-state index is 0.232. The van der Waals surface area contributed by atoms with Crippen molar-refractivity contribution in [3.63, 3.8) is 0 Å². The fourth-order valence-electron chi connectivity index (χ4n) is 1.77. The molecular weight excluding hydrogens is 215 g/mol. The van der Waals surface area contributed by atoms with Crippen LogP contribution in [0.5, 0.6) is 0 Å². The lowest BCUT2D eigenvalue weighted by atomic mass is 10.1. The smallest absolute Gasteiger partial charge is 0.123 e. The van der Waals surface area contributed by atoms with Crippen molar-refractivity contribution in [3.8, 4) is 11.1 Å². The summed E-state index contributed by atoms with van der Waals surface area (Å²) in [6.07, 6.45) is 5.28. The van der Waals surface area contributed by atoms with Crippen molar-refractivity contribution < 1.29 is 4.39 Å². The van der Waals surface area contributed by atoms with E-state index in [0.717, 1.165) is 22.0 Å². The zero-order valence-corrected chi connectivity index (χ0v) is 8.97. The third kappa shape index (κ3) is 1.87. The average molecular weight is 224 g/mol. The summed E-state index contributed by atoms with van der Waals surface area (Å²) >= 11 is 0. The van der Waals surface area contributed by atoms with Crippen LogP contribution in [0.4, 0.5) is 4.39 Å². The number of halogens is 1. The Morgan fingerprint density at radius 1 is 0.882 bits per heavy atom. The van der Waals surface area contributed by atoms with Gasteiger partial charge in [-0.1, -0.05) is 12.1 Å². The normalized spacial score (nSPS) is 10.6. The Morgan fingerprint density at radius 3 is 2.53 bits per heavy atom. The number of rotatable bonds is 1. The first-order chi connectivity index (χ1) is 8.33. The van der Waals surface area contributed by atoms with Crippen LogP contribution in [0.2, 0.25) is 0 Å². The highest BCUT2D eigenvalue weighted by Crippen LogP contribution is 2.22. The Bertz CT molecular complexity index is 662. The van der Waals surface area contributed by atoms with Gasteiger partial charge in [-0.05, 0) is 29.8 Å². The third-order valence-corrected chi connectivity index (χ3v) is 2.66. The van der Waals surface area contributed by atoms with Crippen molar-refractivity contribution in [1.29, 1.82) is 0 Å². The fraction of sp³-hybridized carbons (Fsp3) is 0. The van der Waals surface area contributed by atoms with Crippen LogP contribution in [0, 0.1) is 5.82 Å². The summed E-state index contributed by atoms with van der Waals surface area (Å²) in [6, 6.07) is 10.3. The molecule has 0 saturated carbocycles. The van der Waals surface area contributed by atoms with Gasteiger partial charge in [-0.2, -0.15) is 0 Å². The van der Waals surface area contributed by atoms with Crippen LogP contribution in [-0.4, -0.2) is 9.97 Å². The predicted octanol–water partition coefficient (Wildman–Crippen LogP) is 3.44. The van der Waals surface area contributed by atoms with Crippen molar-refractivity contribution in [2.45, 2.75) is 0 Å². The first-order valence-electron chi connectivity index (χ1n) is 5.29. The van der Waals surface area contributed by atoms with Gasteiger partial charge in [-0.3, -0.25) is 9.97 Å². The number of fused-ring (bicyclic) bond motifs is 1. The minimum atomic E-state index is -0.232. The second-order valence-corrected chi connectivity index (χ2v) is 3.80. The van der Waals surface area contributed by atoms with E-state index in [1.807, 2.05) is 12.1 Å². The van der Waals surface area contributed by atoms with Gasteiger partial charge in [0.25, 0.3) is 0 Å². The van der Waals surface area contributed by atoms with E-state index in [4.69, 9.17) is 0 Å². The summed E-state index contributed by atoms with van der Waals surface area (Å²) in [6.45, 7) is 0. The molecule has 0 radical (unpaired) electrons. The van der Waals surface area contributed by atoms with Gasteiger partial charge in [0, 0.05) is 29.5 Å². The highest BCUT2D eigenvalue weighted by Gasteiger charge is 2.00. The largest absolute Gasteiger partial charge is 0.264 e. The molecule has 0 N–H and O–H groups in total. The number of hydrogen-bond donors (Lipinski definition) is 0. The maximum absolute atomic E-state index is 12.8. The number of hydrogen-bond acceptors (Lipinski definition) is 2. The van der Waals surface area contributed by atoms with Crippen molar-refractivity contribution in [1.82, 2.24) is 9.97 Å². The molecule has 3 aromatic rings. The molecule has 3 heteroatoms. The van der Waals surface area contributed by atoms with Gasteiger partial charge in [0.15, 0.2) is 0 Å². The predicted molar refractivity (Wildman–Crippen MR) is 64.9 cm³/mol. The molecule has 2 nitrogen and oxygen atoms in total. The van der Waals surface area contributed by atoms with Crippen LogP contribution in [0.15, 0.2) is 55.0 Å². The SMILES string of the molecule is Fc1ccc(-c2cnc3ccncc3c2)cc1. The molecule has 2 aromatic heterocycles. The molecule has 2 heterocycles. The number of aromatic nitrogens is 2. The van der Waals surface area contributed by atoms with Crippen molar-refractivity contribution in [3.05, 3.63) is 60.8 Å². The Morgan fingerprint density at radius 2 is 1.71 bits per heavy atom. The topological polar surface area (TPSA) is 25.8 Å². The maximum Gasteiger partial charge on any atom is 0.123 e. The standard InChI is InChI=1S/C14H9FN2/c15-13-3-1-10(2-4-13)11-7-12-8-16-6-5-14(12)17-9-11/h1-9H. The molecule has 0 aliphatic heterocycles. The van der Waals surface area contributed by atoms with E-state index in [1.165, 1.54) is 12.1 Å². The zero-order valence-electron chi connectivity index (χ0n) is 8.97. The molecular formula is C14H9FN2. The molecule has 0 aliphatic rings. The molecule has 1 aromatic carbocycles. The molecule has 0 bridgehead atoms. The van der Waals surface area contributed by atoms with Crippen molar-refractivity contribution in [2.24, 2.45) is 0 Å². The van der Waals surface area contributed by atoms with Crippen molar-refractivity contribution in [2.75, 3.05) is 0 Å². The van der Waals surface area contributed by atoms with E-state index < -0.39 is 0 Å². The second kappa shape index (κ2) is 3.94. The Kier molecular flexibility index (Phi) is 2.29. The van der Waals surface area contributed by atoms with Gasteiger partial charge in [-0.15, -0.1) is 0 Å². The lowest BCUT2D eigenvalue weighted by molar-refractivity contribution is 0.628. The molecule has 0 spiro atoms. The van der Waals surface area contributed by atoms with Gasteiger partial charge in [-0.25, -0.2) is 4.39 Å². The summed E-state index contributed by atoms with van der Waals surface area (Å²) in [5.74, 6) is -0.232. The van der Waals surface area contributed by atoms with E-state index in [1.54, 1.807) is 30.7 Å². The van der Waals surface area contributed by atoms with Crippen LogP contribution in [0.1, 0.15) is 0 Å². The summed E-state index contributed by atoms with van der Waals surface area (Å²) < 4.78 is 12.8. The lowest BCUT2D eigenvalue weighted by Crippen LogP contribution is -1.84. The average Bonchev–Trinajstić information content (AvgIpc) is 2.39. The summed E-state index contributed by atoms with van der Waals surface area (Å²) in [5, 5.41) is 0.981. The monoisotopic (exact) mass is 224 g/mol. The van der Waals surface area contributed by atoms with Crippen molar-refractivity contribution >= 4 is 10.9 Å². The Labute approximate surface area is 97.8 Å². The molecule has 0 unspecified atom stereocenters. The van der Waals surface area contributed by atoms with Gasteiger partial charge >= 0.3 is 0 Å². The lowest BCUT2D eigenvalue weighted by Gasteiger charge is -2.02. The van der Waals surface area contributed by atoms with Gasteiger partial charge in [0.1, 0.15) is 5.82 Å². The second-order valence-electron chi connectivity index (χ2n) is 3.80. The molecule has 0 amide bonds. The summed E-state index contributed by atoms with van der Waals surface area (Å²) in [5.41, 5.74) is 2.82. The minimum Gasteiger partial charge on any atom is -0.264 e. The first-order valence-corrected chi connectivity index (χ1v) is 5.29. The molecule has 0 aliphatic carbocycles. The summed E-state index contributed by atoms with van der Waals surface area (Å²) in [7, 11) is 0. The van der Waals surface area contributed by atoms with Gasteiger partial charge in [0.05, 0.1) is 5.52 Å². The highest BCUT2D eigenvalue weighted by molar-refractivity contribution is 5.82. The maximum atomic E-state index is 12.8. The van der Waals surface area contributed by atoms with Gasteiger partial charge < -0.3 is 0 Å². The number of nitrogens with zero attached hydrogens (tertiary/aromatic N) is 2. The molecule has 3 rings (SSSR count). The molecule has 0 fully saturated rings. The zero-order chi connectivity index (χ0) is 11.7. The molecule has 0 saturated heterocycles. The third-order valence-electron chi connectivity index (χ3n) is 2.66.